The molecule has 6 heteroatoms. The molecule has 1 atom stereocenters. The molecule has 1 aliphatic rings. The van der Waals surface area contributed by atoms with Crippen LogP contribution in [-0.4, -0.2) is 35.5 Å². The van der Waals surface area contributed by atoms with Gasteiger partial charge in [-0.15, -0.1) is 0 Å². The highest BCUT2D eigenvalue weighted by atomic mass is 33.1. The van der Waals surface area contributed by atoms with Crippen molar-refractivity contribution < 1.29 is 14.3 Å². The Kier molecular flexibility index (Phi) is 5.19. The van der Waals surface area contributed by atoms with Gasteiger partial charge in [0.2, 0.25) is 5.91 Å². The summed E-state index contributed by atoms with van der Waals surface area (Å²) in [6.07, 6.45) is -0.157. The average molecular weight is 277 g/mol. The zero-order valence-electron chi connectivity index (χ0n) is 10.6. The van der Waals surface area contributed by atoms with Crippen molar-refractivity contribution in [3.05, 3.63) is 0 Å². The van der Waals surface area contributed by atoms with E-state index in [0.717, 1.165) is 5.75 Å². The molecule has 0 spiro atoms. The summed E-state index contributed by atoms with van der Waals surface area (Å²) < 4.78 is 5.13. The van der Waals surface area contributed by atoms with Crippen LogP contribution >= 0.6 is 21.6 Å². The fraction of sp³-hybridized carbons (Fsp3) is 0.818. The minimum Gasteiger partial charge on any atom is -0.461 e. The highest BCUT2D eigenvalue weighted by Crippen LogP contribution is 2.33. The van der Waals surface area contributed by atoms with E-state index < -0.39 is 11.5 Å². The number of carbonyl (C=O) groups is 2. The highest BCUT2D eigenvalue weighted by Gasteiger charge is 2.34. The van der Waals surface area contributed by atoms with Gasteiger partial charge in [0, 0.05) is 11.5 Å². The molecule has 4 nitrogen and oxygen atoms in total. The number of ether oxygens (including phenoxy) is 1. The van der Waals surface area contributed by atoms with Crippen molar-refractivity contribution in [3.8, 4) is 0 Å². The second kappa shape index (κ2) is 6.00. The Morgan fingerprint density at radius 1 is 1.47 bits per heavy atom. The van der Waals surface area contributed by atoms with Crippen molar-refractivity contribution in [2.75, 3.05) is 11.5 Å². The molecule has 0 aliphatic carbocycles. The van der Waals surface area contributed by atoms with Crippen LogP contribution < -0.4 is 5.32 Å². The standard InChI is InChI=1S/C11H19NO3S2/c1-7(2)15-9(13)8-5-16-17-6-11(3,4)10(14)12-8/h7-8H,5-6H2,1-4H3,(H,12,14). The fourth-order valence-corrected chi connectivity index (χ4v) is 4.00. The van der Waals surface area contributed by atoms with Crippen molar-refractivity contribution in [1.82, 2.24) is 5.32 Å². The Labute approximate surface area is 110 Å². The van der Waals surface area contributed by atoms with Gasteiger partial charge in [-0.05, 0) is 13.8 Å². The van der Waals surface area contributed by atoms with Crippen molar-refractivity contribution >= 4 is 33.5 Å². The van der Waals surface area contributed by atoms with Crippen LogP contribution in [0, 0.1) is 5.41 Å². The third-order valence-electron chi connectivity index (χ3n) is 2.29. The van der Waals surface area contributed by atoms with Gasteiger partial charge in [-0.2, -0.15) is 0 Å². The van der Waals surface area contributed by atoms with Gasteiger partial charge in [0.25, 0.3) is 0 Å². The maximum atomic E-state index is 11.9. The molecular formula is C11H19NO3S2. The third kappa shape index (κ3) is 4.43. The van der Waals surface area contributed by atoms with E-state index in [1.807, 2.05) is 13.8 Å². The topological polar surface area (TPSA) is 55.4 Å². The normalized spacial score (nSPS) is 24.8. The molecule has 1 saturated heterocycles. The predicted octanol–water partition coefficient (Wildman–Crippen LogP) is 1.84. The Morgan fingerprint density at radius 2 is 2.12 bits per heavy atom. The summed E-state index contributed by atoms with van der Waals surface area (Å²) in [4.78, 5) is 23.7. The zero-order valence-corrected chi connectivity index (χ0v) is 12.2. The molecule has 0 aromatic carbocycles. The van der Waals surface area contributed by atoms with E-state index in [9.17, 15) is 9.59 Å². The monoisotopic (exact) mass is 277 g/mol. The van der Waals surface area contributed by atoms with E-state index in [2.05, 4.69) is 5.32 Å². The van der Waals surface area contributed by atoms with E-state index in [1.165, 1.54) is 0 Å². The van der Waals surface area contributed by atoms with Crippen molar-refractivity contribution in [3.63, 3.8) is 0 Å². The molecule has 0 saturated carbocycles. The van der Waals surface area contributed by atoms with Crippen LogP contribution in [0.1, 0.15) is 27.7 Å². The summed E-state index contributed by atoms with van der Waals surface area (Å²) in [5.41, 5.74) is -0.450. The molecule has 98 valence electrons. The molecular weight excluding hydrogens is 258 g/mol. The lowest BCUT2D eigenvalue weighted by Gasteiger charge is -2.29. The van der Waals surface area contributed by atoms with Crippen LogP contribution in [0.3, 0.4) is 0 Å². The minimum absolute atomic E-state index is 0.0870. The first-order valence-electron chi connectivity index (χ1n) is 5.59. The molecule has 1 fully saturated rings. The second-order valence-electron chi connectivity index (χ2n) is 4.94. The largest absolute Gasteiger partial charge is 0.461 e. The van der Waals surface area contributed by atoms with Crippen molar-refractivity contribution in [2.45, 2.75) is 39.8 Å². The van der Waals surface area contributed by atoms with Crippen LogP contribution in [0.15, 0.2) is 0 Å². The Balaban J connectivity index is 2.67. The smallest absolute Gasteiger partial charge is 0.329 e. The lowest BCUT2D eigenvalue weighted by Crippen LogP contribution is -2.50. The number of carbonyl (C=O) groups excluding carboxylic acids is 2. The first kappa shape index (κ1) is 14.7. The average Bonchev–Trinajstić information content (AvgIpc) is 2.19. The SMILES string of the molecule is CC(C)OC(=O)C1CSSCC(C)(C)C(=O)N1. The molecule has 17 heavy (non-hydrogen) atoms. The Hall–Kier alpha value is -0.360. The Bertz CT molecular complexity index is 305. The number of rotatable bonds is 2. The summed E-state index contributed by atoms with van der Waals surface area (Å²) in [6, 6.07) is -0.540. The van der Waals surface area contributed by atoms with E-state index in [4.69, 9.17) is 4.74 Å². The van der Waals surface area contributed by atoms with E-state index in [-0.39, 0.29) is 18.0 Å². The second-order valence-corrected chi connectivity index (χ2v) is 7.45. The van der Waals surface area contributed by atoms with Crippen LogP contribution in [0.5, 0.6) is 0 Å². The van der Waals surface area contributed by atoms with Crippen LogP contribution in [0.25, 0.3) is 0 Å². The zero-order chi connectivity index (χ0) is 13.1. The summed E-state index contributed by atoms with van der Waals surface area (Å²) in [7, 11) is 3.23. The first-order chi connectivity index (χ1) is 7.83. The van der Waals surface area contributed by atoms with E-state index >= 15 is 0 Å². The highest BCUT2D eigenvalue weighted by molar-refractivity contribution is 8.76. The number of hydrogen-bond donors (Lipinski definition) is 1. The molecule has 1 heterocycles. The number of amides is 1. The molecule has 1 N–H and O–H groups in total. The molecule has 1 aliphatic heterocycles. The first-order valence-corrected chi connectivity index (χ1v) is 8.07. The van der Waals surface area contributed by atoms with Crippen LogP contribution in [-0.2, 0) is 14.3 Å². The van der Waals surface area contributed by atoms with Crippen molar-refractivity contribution in [2.24, 2.45) is 5.41 Å². The fourth-order valence-electron chi connectivity index (χ4n) is 1.21. The van der Waals surface area contributed by atoms with Crippen LogP contribution in [0.4, 0.5) is 0 Å². The number of hydrogen-bond acceptors (Lipinski definition) is 5. The Morgan fingerprint density at radius 3 is 2.71 bits per heavy atom. The molecule has 1 unspecified atom stereocenters. The van der Waals surface area contributed by atoms with Gasteiger partial charge in [-0.3, -0.25) is 4.79 Å². The lowest BCUT2D eigenvalue weighted by molar-refractivity contribution is -0.151. The summed E-state index contributed by atoms with van der Waals surface area (Å²) in [6.45, 7) is 7.36. The third-order valence-corrected chi connectivity index (χ3v) is 5.03. The summed E-state index contributed by atoms with van der Waals surface area (Å²) >= 11 is 0. The molecule has 0 radical (unpaired) electrons. The minimum atomic E-state index is -0.540. The van der Waals surface area contributed by atoms with Gasteiger partial charge in [0.1, 0.15) is 6.04 Å². The number of nitrogens with one attached hydrogen (secondary N) is 1. The molecule has 0 aromatic heterocycles. The number of esters is 1. The summed E-state index contributed by atoms with van der Waals surface area (Å²) in [5, 5.41) is 2.77. The van der Waals surface area contributed by atoms with E-state index in [0.29, 0.717) is 5.75 Å². The molecule has 0 bridgehead atoms. The molecule has 1 amide bonds. The maximum Gasteiger partial charge on any atom is 0.329 e. The van der Waals surface area contributed by atoms with Crippen LogP contribution in [0.2, 0.25) is 0 Å². The van der Waals surface area contributed by atoms with E-state index in [1.54, 1.807) is 35.4 Å². The quantitative estimate of drug-likeness (QED) is 0.616. The predicted molar refractivity (Wildman–Crippen MR) is 71.9 cm³/mol. The maximum absolute atomic E-state index is 11.9. The summed E-state index contributed by atoms with van der Waals surface area (Å²) in [5.74, 6) is 0.864. The van der Waals surface area contributed by atoms with Gasteiger partial charge in [0.15, 0.2) is 0 Å². The van der Waals surface area contributed by atoms with Gasteiger partial charge in [-0.1, -0.05) is 35.4 Å². The molecule has 0 aromatic rings. The van der Waals surface area contributed by atoms with Gasteiger partial charge in [-0.25, -0.2) is 4.79 Å². The van der Waals surface area contributed by atoms with Gasteiger partial charge >= 0.3 is 5.97 Å². The lowest BCUT2D eigenvalue weighted by atomic mass is 9.95. The van der Waals surface area contributed by atoms with Gasteiger partial charge < -0.3 is 10.1 Å². The van der Waals surface area contributed by atoms with Crippen molar-refractivity contribution in [1.29, 1.82) is 0 Å². The van der Waals surface area contributed by atoms with Gasteiger partial charge in [0.05, 0.1) is 11.5 Å². The molecule has 1 rings (SSSR count).